The van der Waals surface area contributed by atoms with Crippen LogP contribution < -0.4 is 0 Å². The number of aryl methyl sites for hydroxylation is 4. The van der Waals surface area contributed by atoms with E-state index < -0.39 is 33.3 Å². The number of rotatable bonds is 4. The van der Waals surface area contributed by atoms with Crippen LogP contribution in [0.25, 0.3) is 55.6 Å². The summed E-state index contributed by atoms with van der Waals surface area (Å²) < 4.78 is 108. The summed E-state index contributed by atoms with van der Waals surface area (Å²) in [5, 5.41) is 1.83. The van der Waals surface area contributed by atoms with Crippen molar-refractivity contribution in [3.63, 3.8) is 0 Å². The van der Waals surface area contributed by atoms with Crippen molar-refractivity contribution in [2.45, 2.75) is 59.0 Å². The van der Waals surface area contributed by atoms with Crippen molar-refractivity contribution in [2.24, 2.45) is 0 Å². The first-order valence-corrected chi connectivity index (χ1v) is 15.1. The van der Waals surface area contributed by atoms with Crippen LogP contribution in [0.4, 0.5) is 0 Å². The third kappa shape index (κ3) is 6.86. The number of fused-ring (bicyclic) bond motifs is 3. The average Bonchev–Trinajstić information content (AvgIpc) is 3.81. The molecular formula is C43H38IrN2O-2. The van der Waals surface area contributed by atoms with Gasteiger partial charge in [0.15, 0.2) is 0 Å². The Kier molecular flexibility index (Phi) is 6.06. The normalized spacial score (nSPS) is 18.8. The van der Waals surface area contributed by atoms with Crippen molar-refractivity contribution in [1.82, 2.24) is 9.97 Å². The predicted octanol–water partition coefficient (Wildman–Crippen LogP) is 11.6. The molecule has 4 heteroatoms. The van der Waals surface area contributed by atoms with Gasteiger partial charge in [0.05, 0.1) is 5.58 Å². The van der Waals surface area contributed by atoms with E-state index in [-0.39, 0.29) is 47.9 Å². The van der Waals surface area contributed by atoms with Crippen LogP contribution in [0.15, 0.2) is 108 Å². The van der Waals surface area contributed by atoms with E-state index in [0.717, 1.165) is 23.6 Å². The first-order chi connectivity index (χ1) is 27.6. The third-order valence-corrected chi connectivity index (χ3v) is 8.28. The van der Waals surface area contributed by atoms with Gasteiger partial charge in [-0.2, -0.15) is 0 Å². The maximum absolute atomic E-state index is 8.91. The van der Waals surface area contributed by atoms with Gasteiger partial charge in [0.2, 0.25) is 0 Å². The maximum Gasteiger partial charge on any atom is 0.120 e. The minimum absolute atomic E-state index is 0. The molecule has 3 aromatic heterocycles. The van der Waals surface area contributed by atoms with Crippen molar-refractivity contribution in [2.75, 3.05) is 0 Å². The van der Waals surface area contributed by atoms with Gasteiger partial charge in [0, 0.05) is 55.7 Å². The molecule has 0 unspecified atom stereocenters. The number of furan rings is 1. The summed E-state index contributed by atoms with van der Waals surface area (Å²) in [5.74, 6) is -0.833. The van der Waals surface area contributed by atoms with E-state index in [1.165, 1.54) is 30.6 Å². The molecule has 4 aromatic carbocycles. The zero-order valence-electron chi connectivity index (χ0n) is 38.3. The van der Waals surface area contributed by atoms with Gasteiger partial charge in [-0.1, -0.05) is 85.2 Å². The zero-order valence-corrected chi connectivity index (χ0v) is 27.7. The van der Waals surface area contributed by atoms with Gasteiger partial charge < -0.3 is 14.4 Å². The van der Waals surface area contributed by atoms with E-state index in [4.69, 9.17) is 22.2 Å². The van der Waals surface area contributed by atoms with E-state index in [1.807, 2.05) is 30.3 Å². The molecule has 0 N–H and O–H groups in total. The fourth-order valence-electron chi connectivity index (χ4n) is 5.92. The Bertz CT molecular complexity index is 2570. The van der Waals surface area contributed by atoms with E-state index in [1.54, 1.807) is 42.5 Å². The first kappa shape index (κ1) is 20.1. The number of pyridine rings is 2. The fourth-order valence-corrected chi connectivity index (χ4v) is 5.92. The Hall–Kier alpha value is -4.37. The molecule has 0 amide bonds. The van der Waals surface area contributed by atoms with Crippen LogP contribution in [0.1, 0.15) is 77.2 Å². The molecule has 47 heavy (non-hydrogen) atoms. The molecule has 1 saturated carbocycles. The molecule has 0 spiro atoms. The number of aromatic nitrogens is 2. The molecule has 1 aliphatic carbocycles. The Morgan fingerprint density at radius 3 is 2.34 bits per heavy atom. The predicted molar refractivity (Wildman–Crippen MR) is 190 cm³/mol. The van der Waals surface area contributed by atoms with Crippen molar-refractivity contribution in [3.8, 4) is 33.6 Å². The molecule has 8 rings (SSSR count). The molecule has 1 aliphatic rings. The van der Waals surface area contributed by atoms with E-state index in [2.05, 4.69) is 22.1 Å². The fraction of sp³-hybridized carbons (Fsp3) is 0.209. The van der Waals surface area contributed by atoms with Crippen LogP contribution in [0.3, 0.4) is 0 Å². The SMILES string of the molecule is [2H]C([2H])([2H])c1c[c-]c(-c2ccc(C([2H])([2H])[2H])cn2)cc1.[2H]C([2H])([2H])c1cnc(-c2[c-]ccc3c2oc2ccccc23)cc1-c1ccc(C2([2H])CCCC2)cc1C([2H])([2H])[2H].[Ir]. The van der Waals surface area contributed by atoms with Crippen molar-refractivity contribution in [3.05, 3.63) is 143 Å². The maximum atomic E-state index is 8.91. The Labute approximate surface area is 309 Å². The largest absolute Gasteiger partial charge is 0.501 e. The summed E-state index contributed by atoms with van der Waals surface area (Å²) in [7, 11) is 0. The first-order valence-electron chi connectivity index (χ1n) is 21.6. The number of para-hydroxylation sites is 1. The van der Waals surface area contributed by atoms with Gasteiger partial charge in [-0.15, -0.1) is 53.6 Å². The minimum atomic E-state index is -2.53. The Morgan fingerprint density at radius 1 is 0.745 bits per heavy atom. The van der Waals surface area contributed by atoms with E-state index >= 15 is 0 Å². The molecule has 7 aromatic rings. The second-order valence-corrected chi connectivity index (χ2v) is 11.3. The molecular weight excluding hydrogens is 753 g/mol. The van der Waals surface area contributed by atoms with Crippen LogP contribution in [0, 0.1) is 39.5 Å². The van der Waals surface area contributed by atoms with Gasteiger partial charge in [-0.3, -0.25) is 0 Å². The second-order valence-electron chi connectivity index (χ2n) is 11.3. The number of benzene rings is 4. The second kappa shape index (κ2) is 14.2. The summed E-state index contributed by atoms with van der Waals surface area (Å²) in [6.45, 7) is -9.38. The smallest absolute Gasteiger partial charge is 0.120 e. The van der Waals surface area contributed by atoms with Crippen LogP contribution in [-0.4, -0.2) is 9.97 Å². The van der Waals surface area contributed by atoms with Gasteiger partial charge in [0.1, 0.15) is 5.58 Å². The minimum Gasteiger partial charge on any atom is -0.501 e. The monoisotopic (exact) mass is 804 g/mol. The van der Waals surface area contributed by atoms with Gasteiger partial charge in [-0.25, -0.2) is 0 Å². The summed E-state index contributed by atoms with van der Waals surface area (Å²) in [4.78, 5) is 8.56. The number of hydrogen-bond acceptors (Lipinski definition) is 3. The van der Waals surface area contributed by atoms with Crippen LogP contribution in [-0.2, 0) is 20.1 Å². The van der Waals surface area contributed by atoms with Gasteiger partial charge in [0.25, 0.3) is 0 Å². The van der Waals surface area contributed by atoms with E-state index in [9.17, 15) is 0 Å². The molecule has 3 nitrogen and oxygen atoms in total. The molecule has 237 valence electrons. The summed E-state index contributed by atoms with van der Waals surface area (Å²) in [6.07, 6.45) is 5.79. The molecule has 0 bridgehead atoms. The molecule has 0 saturated heterocycles. The number of hydrogen-bond donors (Lipinski definition) is 0. The average molecular weight is 804 g/mol. The van der Waals surface area contributed by atoms with Gasteiger partial charge in [-0.05, 0) is 90.1 Å². The molecule has 0 aliphatic heterocycles. The summed E-state index contributed by atoms with van der Waals surface area (Å²) in [5.41, 5.74) is 5.03. The number of nitrogens with zero attached hydrogens (tertiary/aromatic N) is 2. The summed E-state index contributed by atoms with van der Waals surface area (Å²) >= 11 is 0. The molecule has 1 fully saturated rings. The molecule has 1 radical (unpaired) electrons. The summed E-state index contributed by atoms with van der Waals surface area (Å²) in [6, 6.07) is 31.6. The molecule has 3 heterocycles. The Morgan fingerprint density at radius 2 is 1.57 bits per heavy atom. The quantitative estimate of drug-likeness (QED) is 0.166. The van der Waals surface area contributed by atoms with Crippen LogP contribution >= 0.6 is 0 Å². The van der Waals surface area contributed by atoms with Crippen LogP contribution in [0.5, 0.6) is 0 Å². The van der Waals surface area contributed by atoms with Crippen molar-refractivity contribution >= 4 is 21.9 Å². The molecule has 0 atom stereocenters. The zero-order chi connectivity index (χ0) is 42.5. The third-order valence-electron chi connectivity index (χ3n) is 8.28. The Balaban J connectivity index is 0.000000243. The van der Waals surface area contributed by atoms with Gasteiger partial charge >= 0.3 is 0 Å². The van der Waals surface area contributed by atoms with Crippen molar-refractivity contribution in [1.29, 1.82) is 0 Å². The topological polar surface area (TPSA) is 38.9 Å². The standard InChI is InChI=1S/C30H26NO.C13H12N.Ir/c1-19-16-22(21-8-3-4-9-21)14-15-23(19)27-17-28(31-18-20(27)2)26-12-7-11-25-24-10-5-6-13-29(24)32-30(25)26;1-10-3-6-12(7-4-10)13-8-5-11(2)9-14-13;/h5-7,10-11,13-18,21H,3-4,8-9H2,1-2H3;3-6,8-9H,1-2H3;/q2*-1;/i1D3,2D3,21D;1D3,2D3;. The van der Waals surface area contributed by atoms with E-state index in [0.29, 0.717) is 57.6 Å². The van der Waals surface area contributed by atoms with Crippen molar-refractivity contribution < 1.29 is 42.3 Å². The van der Waals surface area contributed by atoms with Crippen LogP contribution in [0.2, 0.25) is 0 Å².